The number of carbonyl (C=O) groups is 2. The third kappa shape index (κ3) is 3.29. The molecule has 0 saturated carbocycles. The lowest BCUT2D eigenvalue weighted by Gasteiger charge is -2.05. The Morgan fingerprint density at radius 3 is 2.50 bits per heavy atom. The smallest absolute Gasteiger partial charge is 0.344 e. The molecule has 0 amide bonds. The standard InChI is InChI=1S/C5H7ClO4/c1-3(5(8)9)10-4(7)2-6/h3H,2H2,1H3,(H,8,9)/t3-/m1/s1. The van der Waals surface area contributed by atoms with E-state index in [0.29, 0.717) is 0 Å². The van der Waals surface area contributed by atoms with Crippen LogP contribution >= 0.6 is 11.6 Å². The van der Waals surface area contributed by atoms with Crippen LogP contribution in [0.2, 0.25) is 0 Å². The zero-order chi connectivity index (χ0) is 8.15. The van der Waals surface area contributed by atoms with Crippen LogP contribution in [-0.4, -0.2) is 29.0 Å². The van der Waals surface area contributed by atoms with Gasteiger partial charge in [0.15, 0.2) is 6.10 Å². The molecule has 5 heteroatoms. The highest BCUT2D eigenvalue weighted by Gasteiger charge is 2.14. The monoisotopic (exact) mass is 166 g/mol. The van der Waals surface area contributed by atoms with Crippen molar-refractivity contribution in [2.75, 3.05) is 5.88 Å². The Labute approximate surface area is 62.7 Å². The number of hydrogen-bond donors (Lipinski definition) is 1. The summed E-state index contributed by atoms with van der Waals surface area (Å²) in [7, 11) is 0. The number of carbonyl (C=O) groups excluding carboxylic acids is 1. The van der Waals surface area contributed by atoms with Crippen molar-refractivity contribution in [3.05, 3.63) is 0 Å². The van der Waals surface area contributed by atoms with E-state index in [0.717, 1.165) is 0 Å². The summed E-state index contributed by atoms with van der Waals surface area (Å²) in [5.74, 6) is -2.23. The Balaban J connectivity index is 3.68. The molecule has 0 aromatic carbocycles. The van der Waals surface area contributed by atoms with Crippen molar-refractivity contribution in [3.8, 4) is 0 Å². The minimum Gasteiger partial charge on any atom is -0.479 e. The fourth-order valence-electron chi connectivity index (χ4n) is 0.279. The van der Waals surface area contributed by atoms with Gasteiger partial charge in [-0.15, -0.1) is 11.6 Å². The number of carboxylic acid groups (broad SMARTS) is 1. The number of aliphatic carboxylic acids is 1. The first-order valence-electron chi connectivity index (χ1n) is 2.56. The lowest BCUT2D eigenvalue weighted by atomic mass is 10.4. The molecule has 1 atom stereocenters. The van der Waals surface area contributed by atoms with Gasteiger partial charge in [-0.25, -0.2) is 4.79 Å². The average Bonchev–Trinajstić information content (AvgIpc) is 1.87. The van der Waals surface area contributed by atoms with Crippen molar-refractivity contribution < 1.29 is 19.4 Å². The number of hydrogen-bond acceptors (Lipinski definition) is 3. The van der Waals surface area contributed by atoms with Gasteiger partial charge in [0, 0.05) is 0 Å². The van der Waals surface area contributed by atoms with Crippen LogP contribution in [0.1, 0.15) is 6.92 Å². The van der Waals surface area contributed by atoms with Gasteiger partial charge in [-0.2, -0.15) is 0 Å². The highest BCUT2D eigenvalue weighted by atomic mass is 35.5. The van der Waals surface area contributed by atoms with E-state index in [1.807, 2.05) is 0 Å². The number of esters is 1. The first kappa shape index (κ1) is 9.23. The summed E-state index contributed by atoms with van der Waals surface area (Å²) in [6.45, 7) is 1.26. The van der Waals surface area contributed by atoms with E-state index in [4.69, 9.17) is 16.7 Å². The first-order chi connectivity index (χ1) is 4.57. The fourth-order valence-corrected chi connectivity index (χ4v) is 0.342. The first-order valence-corrected chi connectivity index (χ1v) is 3.09. The molecule has 0 radical (unpaired) electrons. The summed E-state index contributed by atoms with van der Waals surface area (Å²) in [5.41, 5.74) is 0. The van der Waals surface area contributed by atoms with Gasteiger partial charge in [0.25, 0.3) is 0 Å². The highest BCUT2D eigenvalue weighted by Crippen LogP contribution is 1.92. The van der Waals surface area contributed by atoms with E-state index in [1.165, 1.54) is 6.92 Å². The van der Waals surface area contributed by atoms with E-state index in [9.17, 15) is 9.59 Å². The van der Waals surface area contributed by atoms with E-state index in [1.54, 1.807) is 0 Å². The summed E-state index contributed by atoms with van der Waals surface area (Å²) in [6.07, 6.45) is -1.12. The van der Waals surface area contributed by atoms with E-state index >= 15 is 0 Å². The van der Waals surface area contributed by atoms with Crippen LogP contribution < -0.4 is 0 Å². The third-order valence-corrected chi connectivity index (χ3v) is 0.983. The molecular formula is C5H7ClO4. The maximum absolute atomic E-state index is 10.3. The molecule has 0 saturated heterocycles. The second kappa shape index (κ2) is 4.11. The molecule has 1 N–H and O–H groups in total. The molecule has 10 heavy (non-hydrogen) atoms. The Morgan fingerprint density at radius 1 is 1.70 bits per heavy atom. The maximum atomic E-state index is 10.3. The van der Waals surface area contributed by atoms with Crippen LogP contribution in [0.4, 0.5) is 0 Å². The van der Waals surface area contributed by atoms with Crippen molar-refractivity contribution in [1.29, 1.82) is 0 Å². The molecule has 0 rings (SSSR count). The number of halogens is 1. The Hall–Kier alpha value is -0.770. The normalized spacial score (nSPS) is 12.2. The van der Waals surface area contributed by atoms with Gasteiger partial charge in [0.05, 0.1) is 0 Å². The second-order valence-corrected chi connectivity index (χ2v) is 1.87. The topological polar surface area (TPSA) is 63.6 Å². The molecule has 0 aromatic rings. The quantitative estimate of drug-likeness (QED) is 0.482. The zero-order valence-corrected chi connectivity index (χ0v) is 6.09. The molecule has 0 unspecified atom stereocenters. The lowest BCUT2D eigenvalue weighted by Crippen LogP contribution is -2.24. The van der Waals surface area contributed by atoms with Crippen molar-refractivity contribution in [2.24, 2.45) is 0 Å². The molecule has 0 bridgehead atoms. The highest BCUT2D eigenvalue weighted by molar-refractivity contribution is 6.26. The third-order valence-electron chi connectivity index (χ3n) is 0.765. The van der Waals surface area contributed by atoms with Crippen molar-refractivity contribution in [1.82, 2.24) is 0 Å². The van der Waals surface area contributed by atoms with Gasteiger partial charge in [-0.1, -0.05) is 0 Å². The minimum absolute atomic E-state index is 0.322. The zero-order valence-electron chi connectivity index (χ0n) is 5.33. The van der Waals surface area contributed by atoms with Crippen molar-refractivity contribution in [2.45, 2.75) is 13.0 Å². The molecule has 58 valence electrons. The summed E-state index contributed by atoms with van der Waals surface area (Å²) in [4.78, 5) is 20.3. The van der Waals surface area contributed by atoms with Gasteiger partial charge in [0.1, 0.15) is 5.88 Å². The molecule has 0 spiro atoms. The van der Waals surface area contributed by atoms with Crippen molar-refractivity contribution >= 4 is 23.5 Å². The van der Waals surface area contributed by atoms with Crippen LogP contribution in [0, 0.1) is 0 Å². The number of ether oxygens (including phenoxy) is 1. The summed E-state index contributed by atoms with van der Waals surface area (Å²) < 4.78 is 4.29. The average molecular weight is 167 g/mol. The van der Waals surface area contributed by atoms with E-state index in [2.05, 4.69) is 4.74 Å². The molecule has 0 fully saturated rings. The van der Waals surface area contributed by atoms with Gasteiger partial charge in [-0.05, 0) is 6.92 Å². The molecular weight excluding hydrogens is 160 g/mol. The number of alkyl halides is 1. The lowest BCUT2D eigenvalue weighted by molar-refractivity contribution is -0.160. The summed E-state index contributed by atoms with van der Waals surface area (Å²) in [6, 6.07) is 0. The predicted molar refractivity (Wildman–Crippen MR) is 33.9 cm³/mol. The Kier molecular flexibility index (Phi) is 3.79. The SMILES string of the molecule is C[C@@H](OC(=O)CCl)C(=O)O. The predicted octanol–water partition coefficient (Wildman–Crippen LogP) is 0.241. The van der Waals surface area contributed by atoms with E-state index < -0.39 is 18.0 Å². The number of carboxylic acids is 1. The van der Waals surface area contributed by atoms with Gasteiger partial charge >= 0.3 is 11.9 Å². The molecule has 0 aliphatic carbocycles. The van der Waals surface area contributed by atoms with Gasteiger partial charge in [-0.3, -0.25) is 4.79 Å². The van der Waals surface area contributed by atoms with E-state index in [-0.39, 0.29) is 5.88 Å². The molecule has 4 nitrogen and oxygen atoms in total. The van der Waals surface area contributed by atoms with Crippen LogP contribution in [0.25, 0.3) is 0 Å². The molecule has 0 aromatic heterocycles. The van der Waals surface area contributed by atoms with Crippen LogP contribution in [0.15, 0.2) is 0 Å². The molecule has 0 aliphatic rings. The fraction of sp³-hybridized carbons (Fsp3) is 0.600. The van der Waals surface area contributed by atoms with Gasteiger partial charge in [0.2, 0.25) is 0 Å². The van der Waals surface area contributed by atoms with Crippen LogP contribution in [0.5, 0.6) is 0 Å². The Bertz CT molecular complexity index is 145. The Morgan fingerprint density at radius 2 is 2.20 bits per heavy atom. The van der Waals surface area contributed by atoms with Gasteiger partial charge < -0.3 is 9.84 Å². The second-order valence-electron chi connectivity index (χ2n) is 1.60. The van der Waals surface area contributed by atoms with Crippen molar-refractivity contribution in [3.63, 3.8) is 0 Å². The summed E-state index contributed by atoms with van der Waals surface area (Å²) >= 11 is 5.03. The van der Waals surface area contributed by atoms with Crippen LogP contribution in [-0.2, 0) is 14.3 Å². The summed E-state index contributed by atoms with van der Waals surface area (Å²) in [5, 5.41) is 8.21. The largest absolute Gasteiger partial charge is 0.479 e. The molecule has 0 aliphatic heterocycles. The minimum atomic E-state index is -1.18. The maximum Gasteiger partial charge on any atom is 0.344 e. The molecule has 0 heterocycles. The van der Waals surface area contributed by atoms with Crippen LogP contribution in [0.3, 0.4) is 0 Å². The number of rotatable bonds is 3.